The SMILES string of the molecule is O=C(NCCCN1CCCCC1)C1CCN(c2ccccc2[N+](=O)[O-])CC1. The highest BCUT2D eigenvalue weighted by molar-refractivity contribution is 5.79. The first kappa shape index (κ1) is 19.6. The van der Waals surface area contributed by atoms with Gasteiger partial charge in [-0.3, -0.25) is 14.9 Å². The van der Waals surface area contributed by atoms with Gasteiger partial charge in [0.05, 0.1) is 4.92 Å². The Morgan fingerprint density at radius 2 is 1.81 bits per heavy atom. The highest BCUT2D eigenvalue weighted by Gasteiger charge is 2.27. The fourth-order valence-corrected chi connectivity index (χ4v) is 4.11. The molecule has 0 radical (unpaired) electrons. The number of likely N-dealkylation sites (tertiary alicyclic amines) is 1. The van der Waals surface area contributed by atoms with Gasteiger partial charge in [0.1, 0.15) is 5.69 Å². The molecule has 2 aliphatic heterocycles. The molecule has 27 heavy (non-hydrogen) atoms. The first-order valence-electron chi connectivity index (χ1n) is 10.1. The van der Waals surface area contributed by atoms with E-state index < -0.39 is 0 Å². The minimum absolute atomic E-state index is 0.0130. The molecule has 2 fully saturated rings. The van der Waals surface area contributed by atoms with Gasteiger partial charge in [0, 0.05) is 31.6 Å². The van der Waals surface area contributed by atoms with Crippen molar-refractivity contribution >= 4 is 17.3 Å². The third kappa shape index (κ3) is 5.42. The number of rotatable bonds is 7. The Bertz CT molecular complexity index is 638. The summed E-state index contributed by atoms with van der Waals surface area (Å²) in [4.78, 5) is 27.8. The summed E-state index contributed by atoms with van der Waals surface area (Å²) < 4.78 is 0. The topological polar surface area (TPSA) is 78.7 Å². The van der Waals surface area contributed by atoms with E-state index in [1.165, 1.54) is 38.4 Å². The summed E-state index contributed by atoms with van der Waals surface area (Å²) in [6.45, 7) is 5.54. The van der Waals surface area contributed by atoms with Crippen LogP contribution < -0.4 is 10.2 Å². The van der Waals surface area contributed by atoms with Crippen LogP contribution in [-0.2, 0) is 4.79 Å². The lowest BCUT2D eigenvalue weighted by Gasteiger charge is -2.32. The number of benzene rings is 1. The van der Waals surface area contributed by atoms with Gasteiger partial charge < -0.3 is 15.1 Å². The zero-order chi connectivity index (χ0) is 19.1. The Morgan fingerprint density at radius 3 is 2.52 bits per heavy atom. The molecule has 7 heteroatoms. The molecule has 0 atom stereocenters. The van der Waals surface area contributed by atoms with Gasteiger partial charge in [-0.2, -0.15) is 0 Å². The van der Waals surface area contributed by atoms with Crippen molar-refractivity contribution in [3.8, 4) is 0 Å². The van der Waals surface area contributed by atoms with Crippen LogP contribution in [0.2, 0.25) is 0 Å². The number of para-hydroxylation sites is 2. The third-order valence-electron chi connectivity index (χ3n) is 5.68. The maximum Gasteiger partial charge on any atom is 0.292 e. The summed E-state index contributed by atoms with van der Waals surface area (Å²) in [6, 6.07) is 6.84. The number of nitro groups is 1. The smallest absolute Gasteiger partial charge is 0.292 e. The standard InChI is InChI=1S/C20H30N4O3/c25-20(21-11-6-14-22-12-4-1-5-13-22)17-9-15-23(16-10-17)18-7-2-3-8-19(18)24(26)27/h2-3,7-8,17H,1,4-6,9-16H2,(H,21,25). The largest absolute Gasteiger partial charge is 0.366 e. The van der Waals surface area contributed by atoms with Gasteiger partial charge in [-0.1, -0.05) is 18.6 Å². The third-order valence-corrected chi connectivity index (χ3v) is 5.68. The van der Waals surface area contributed by atoms with Gasteiger partial charge >= 0.3 is 0 Å². The molecule has 1 N–H and O–H groups in total. The van der Waals surface area contributed by atoms with E-state index in [0.717, 1.165) is 32.4 Å². The van der Waals surface area contributed by atoms with Crippen LogP contribution in [0.15, 0.2) is 24.3 Å². The summed E-state index contributed by atoms with van der Waals surface area (Å²) in [5.74, 6) is 0.148. The van der Waals surface area contributed by atoms with Crippen molar-refractivity contribution in [1.82, 2.24) is 10.2 Å². The average molecular weight is 374 g/mol. The lowest BCUT2D eigenvalue weighted by atomic mass is 9.95. The molecule has 148 valence electrons. The minimum Gasteiger partial charge on any atom is -0.366 e. The second-order valence-corrected chi connectivity index (χ2v) is 7.55. The summed E-state index contributed by atoms with van der Waals surface area (Å²) in [5, 5.41) is 14.3. The van der Waals surface area contributed by atoms with Crippen LogP contribution in [0.4, 0.5) is 11.4 Å². The van der Waals surface area contributed by atoms with Crippen molar-refractivity contribution in [3.63, 3.8) is 0 Å². The lowest BCUT2D eigenvalue weighted by Crippen LogP contribution is -2.41. The molecule has 0 saturated carbocycles. The lowest BCUT2D eigenvalue weighted by molar-refractivity contribution is -0.384. The Hall–Kier alpha value is -2.15. The summed E-state index contributed by atoms with van der Waals surface area (Å²) in [5.41, 5.74) is 0.793. The quantitative estimate of drug-likeness (QED) is 0.451. The van der Waals surface area contributed by atoms with E-state index in [4.69, 9.17) is 0 Å². The second kappa shape index (κ2) is 9.69. The van der Waals surface area contributed by atoms with Gasteiger partial charge in [-0.05, 0) is 57.8 Å². The van der Waals surface area contributed by atoms with Crippen molar-refractivity contribution in [2.75, 3.05) is 44.2 Å². The van der Waals surface area contributed by atoms with E-state index in [2.05, 4.69) is 10.2 Å². The molecule has 0 spiro atoms. The summed E-state index contributed by atoms with van der Waals surface area (Å²) in [6.07, 6.45) is 6.42. The molecule has 0 bridgehead atoms. The van der Waals surface area contributed by atoms with Crippen molar-refractivity contribution < 1.29 is 9.72 Å². The predicted molar refractivity (Wildman–Crippen MR) is 106 cm³/mol. The van der Waals surface area contributed by atoms with Gasteiger partial charge in [0.2, 0.25) is 5.91 Å². The Kier molecular flexibility index (Phi) is 7.04. The Labute approximate surface area is 160 Å². The number of piperidine rings is 2. The van der Waals surface area contributed by atoms with E-state index >= 15 is 0 Å². The minimum atomic E-state index is -0.337. The Morgan fingerprint density at radius 1 is 1.11 bits per heavy atom. The van der Waals surface area contributed by atoms with Gasteiger partial charge in [0.25, 0.3) is 5.69 Å². The van der Waals surface area contributed by atoms with Crippen LogP contribution in [-0.4, -0.2) is 55.0 Å². The molecule has 2 heterocycles. The maximum atomic E-state index is 12.4. The molecule has 1 aromatic rings. The first-order chi connectivity index (χ1) is 13.1. The number of amides is 1. The normalized spacial score (nSPS) is 19.0. The van der Waals surface area contributed by atoms with E-state index in [1.54, 1.807) is 12.1 Å². The van der Waals surface area contributed by atoms with E-state index in [9.17, 15) is 14.9 Å². The monoisotopic (exact) mass is 374 g/mol. The van der Waals surface area contributed by atoms with Crippen LogP contribution in [0.1, 0.15) is 38.5 Å². The number of nitrogens with zero attached hydrogens (tertiary/aromatic N) is 3. The van der Waals surface area contributed by atoms with Gasteiger partial charge in [0.15, 0.2) is 0 Å². The van der Waals surface area contributed by atoms with Crippen LogP contribution in [0.3, 0.4) is 0 Å². The number of anilines is 1. The number of hydrogen-bond acceptors (Lipinski definition) is 5. The van der Waals surface area contributed by atoms with Crippen LogP contribution in [0, 0.1) is 16.0 Å². The molecular formula is C20H30N4O3. The van der Waals surface area contributed by atoms with Crippen molar-refractivity contribution in [2.45, 2.75) is 38.5 Å². The average Bonchev–Trinajstić information content (AvgIpc) is 2.72. The number of nitro benzene ring substituents is 1. The van der Waals surface area contributed by atoms with Crippen LogP contribution in [0.5, 0.6) is 0 Å². The molecule has 1 aromatic carbocycles. The highest BCUT2D eigenvalue weighted by atomic mass is 16.6. The first-order valence-corrected chi connectivity index (χ1v) is 10.1. The predicted octanol–water partition coefficient (Wildman–Crippen LogP) is 2.80. The molecule has 2 saturated heterocycles. The summed E-state index contributed by atoms with van der Waals surface area (Å²) >= 11 is 0. The number of hydrogen-bond donors (Lipinski definition) is 1. The molecule has 0 aliphatic carbocycles. The molecule has 3 rings (SSSR count). The molecule has 0 aromatic heterocycles. The van der Waals surface area contributed by atoms with E-state index in [-0.39, 0.29) is 22.4 Å². The van der Waals surface area contributed by atoms with Crippen molar-refractivity contribution in [2.24, 2.45) is 5.92 Å². The maximum absolute atomic E-state index is 12.4. The molecule has 1 amide bonds. The van der Waals surface area contributed by atoms with Crippen molar-refractivity contribution in [3.05, 3.63) is 34.4 Å². The summed E-state index contributed by atoms with van der Waals surface area (Å²) in [7, 11) is 0. The Balaban J connectivity index is 1.39. The molecule has 7 nitrogen and oxygen atoms in total. The zero-order valence-corrected chi connectivity index (χ0v) is 15.9. The second-order valence-electron chi connectivity index (χ2n) is 7.55. The van der Waals surface area contributed by atoms with Crippen molar-refractivity contribution in [1.29, 1.82) is 0 Å². The number of carbonyl (C=O) groups excluding carboxylic acids is 1. The zero-order valence-electron chi connectivity index (χ0n) is 15.9. The van der Waals surface area contributed by atoms with E-state index in [1.807, 2.05) is 11.0 Å². The van der Waals surface area contributed by atoms with Crippen LogP contribution >= 0.6 is 0 Å². The van der Waals surface area contributed by atoms with Crippen LogP contribution in [0.25, 0.3) is 0 Å². The number of carbonyl (C=O) groups is 1. The fraction of sp³-hybridized carbons (Fsp3) is 0.650. The van der Waals surface area contributed by atoms with E-state index in [0.29, 0.717) is 18.8 Å². The van der Waals surface area contributed by atoms with Gasteiger partial charge in [-0.25, -0.2) is 0 Å². The molecule has 0 unspecified atom stereocenters. The fourth-order valence-electron chi connectivity index (χ4n) is 4.11. The number of nitrogens with one attached hydrogen (secondary N) is 1. The molecule has 2 aliphatic rings. The highest BCUT2D eigenvalue weighted by Crippen LogP contribution is 2.31. The van der Waals surface area contributed by atoms with Gasteiger partial charge in [-0.15, -0.1) is 0 Å². The molecular weight excluding hydrogens is 344 g/mol.